The molecule has 0 N–H and O–H groups in total. The first-order valence-electron chi connectivity index (χ1n) is 0.218. The van der Waals surface area contributed by atoms with Gasteiger partial charge in [-0.3, -0.25) is 0 Å². The number of hydrogen-bond acceptors (Lipinski definition) is 0. The zero-order valence-corrected chi connectivity index (χ0v) is 6.33. The first-order valence-corrected chi connectivity index (χ1v) is 0.655. The zero-order chi connectivity index (χ0) is 2.00. The Hall–Kier alpha value is 2.11. The molecule has 0 saturated heterocycles. The standard InChI is InChI=1S/Ca.FH2P.Ni.2H/c;1-2;;;/h;2H2;;;/q+2;;;2*-1. The van der Waals surface area contributed by atoms with Gasteiger partial charge in [-0.15, -0.1) is 0 Å². The molecule has 0 fully saturated rings. The predicted octanol–water partition coefficient (Wildman–Crippen LogP) is 0.588. The van der Waals surface area contributed by atoms with E-state index in [9.17, 15) is 4.20 Å². The Labute approximate surface area is 70.1 Å². The van der Waals surface area contributed by atoms with Crippen LogP contribution in [0, 0.1) is 0 Å². The van der Waals surface area contributed by atoms with Crippen LogP contribution in [0.25, 0.3) is 0 Å². The molecule has 0 aromatic heterocycles. The molecule has 4 heavy (non-hydrogen) atoms. The van der Waals surface area contributed by atoms with E-state index in [4.69, 9.17) is 0 Å². The van der Waals surface area contributed by atoms with E-state index in [0.29, 0.717) is 0 Å². The van der Waals surface area contributed by atoms with Gasteiger partial charge in [0.15, 0.2) is 0 Å². The van der Waals surface area contributed by atoms with Crippen molar-refractivity contribution in [1.82, 2.24) is 0 Å². The predicted molar refractivity (Wildman–Crippen MR) is 18.8 cm³/mol. The van der Waals surface area contributed by atoms with Crippen LogP contribution in [0.5, 0.6) is 0 Å². The second kappa shape index (κ2) is 19.4. The van der Waals surface area contributed by atoms with Crippen LogP contribution in [0.4, 0.5) is 4.20 Å². The summed E-state index contributed by atoms with van der Waals surface area (Å²) in [6.07, 6.45) is 0. The van der Waals surface area contributed by atoms with Crippen molar-refractivity contribution in [3.05, 3.63) is 0 Å². The average molecular weight is 153 g/mol. The van der Waals surface area contributed by atoms with Crippen LogP contribution in [0.15, 0.2) is 0 Å². The molecule has 28 valence electrons. The number of rotatable bonds is 0. The topological polar surface area (TPSA) is 0 Å². The maximum Gasteiger partial charge on any atom is 2.00 e. The van der Waals surface area contributed by atoms with Gasteiger partial charge in [-0.05, 0) is 0 Å². The minimum Gasteiger partial charge on any atom is -1.00 e. The van der Waals surface area contributed by atoms with Crippen molar-refractivity contribution in [2.45, 2.75) is 0 Å². The Morgan fingerprint density at radius 2 is 1.50 bits per heavy atom. The van der Waals surface area contributed by atoms with Crippen LogP contribution in [-0.2, 0) is 16.5 Å². The molecular weight excluding hydrogens is 149 g/mol. The van der Waals surface area contributed by atoms with Gasteiger partial charge in [-0.1, -0.05) is 0 Å². The molecule has 0 spiro atoms. The summed E-state index contributed by atoms with van der Waals surface area (Å²) in [4.78, 5) is 0. The molecule has 0 saturated carbocycles. The fourth-order valence-corrected chi connectivity index (χ4v) is 0. The van der Waals surface area contributed by atoms with E-state index in [-0.39, 0.29) is 57.1 Å². The van der Waals surface area contributed by atoms with Gasteiger partial charge in [0.05, 0.1) is 9.55 Å². The Morgan fingerprint density at radius 3 is 1.50 bits per heavy atom. The van der Waals surface area contributed by atoms with Gasteiger partial charge in [-0.2, -0.15) is 0 Å². The largest absolute Gasteiger partial charge is 2.00 e. The molecule has 0 aliphatic carbocycles. The van der Waals surface area contributed by atoms with Crippen LogP contribution < -0.4 is 0 Å². The van der Waals surface area contributed by atoms with Crippen LogP contribution in [0.3, 0.4) is 0 Å². The maximum absolute atomic E-state index is 9.42. The molecule has 1 unspecified atom stereocenters. The van der Waals surface area contributed by atoms with Crippen molar-refractivity contribution in [3.8, 4) is 0 Å². The molecule has 4 heteroatoms. The molecule has 0 aliphatic rings. The Bertz CT molecular complexity index is 13.5. The fourth-order valence-electron chi connectivity index (χ4n) is 0. The molecule has 0 aromatic carbocycles. The number of halogens is 1. The van der Waals surface area contributed by atoms with E-state index in [2.05, 4.69) is 0 Å². The molecule has 0 aliphatic heterocycles. The summed E-state index contributed by atoms with van der Waals surface area (Å²) in [6, 6.07) is 0. The first-order chi connectivity index (χ1) is 1.00. The Morgan fingerprint density at radius 1 is 1.50 bits per heavy atom. The molecule has 0 nitrogen and oxygen atoms in total. The normalized spacial score (nSPS) is 1.50. The average Bonchev–Trinajstić information content (AvgIpc) is 1.00. The third-order valence-corrected chi connectivity index (χ3v) is 0. The van der Waals surface area contributed by atoms with E-state index in [1.807, 2.05) is 0 Å². The maximum atomic E-state index is 9.42. The SMILES string of the molecule is FP.[Ca+2].[H-].[H-].[Ni]. The Balaban J connectivity index is -0.000000000833. The van der Waals surface area contributed by atoms with Crippen molar-refractivity contribution < 1.29 is 23.5 Å². The monoisotopic (exact) mass is 152 g/mol. The molecule has 0 bridgehead atoms. The summed E-state index contributed by atoms with van der Waals surface area (Å²) in [6.45, 7) is 0. The first kappa shape index (κ1) is 16.5. The van der Waals surface area contributed by atoms with Crippen molar-refractivity contribution in [2.75, 3.05) is 0 Å². The van der Waals surface area contributed by atoms with E-state index in [0.717, 1.165) is 9.55 Å². The van der Waals surface area contributed by atoms with Gasteiger partial charge in [-0.25, -0.2) is 4.20 Å². The second-order valence-electron chi connectivity index (χ2n) is 0. The quantitative estimate of drug-likeness (QED) is 0.352. The Kier molecular flexibility index (Phi) is 79.9. The van der Waals surface area contributed by atoms with Gasteiger partial charge >= 0.3 is 37.7 Å². The van der Waals surface area contributed by atoms with E-state index < -0.39 is 0 Å². The van der Waals surface area contributed by atoms with Gasteiger partial charge in [0, 0.05) is 16.5 Å². The second-order valence-corrected chi connectivity index (χ2v) is 0. The zero-order valence-electron chi connectivity index (χ0n) is 3.98. The van der Waals surface area contributed by atoms with E-state index in [1.54, 1.807) is 0 Å². The van der Waals surface area contributed by atoms with Crippen molar-refractivity contribution in [1.29, 1.82) is 0 Å². The third-order valence-electron chi connectivity index (χ3n) is 0. The summed E-state index contributed by atoms with van der Waals surface area (Å²) in [7, 11) is 0.917. The molecule has 0 amide bonds. The van der Waals surface area contributed by atoms with Gasteiger partial charge in [0.25, 0.3) is 0 Å². The summed E-state index contributed by atoms with van der Waals surface area (Å²) >= 11 is 0. The van der Waals surface area contributed by atoms with E-state index in [1.165, 1.54) is 0 Å². The third kappa shape index (κ3) is 8.93. The van der Waals surface area contributed by atoms with Crippen LogP contribution in [-0.4, -0.2) is 37.7 Å². The molecule has 0 radical (unpaired) electrons. The van der Waals surface area contributed by atoms with E-state index >= 15 is 0 Å². The molecule has 0 aromatic rings. The molecule has 0 rings (SSSR count). The summed E-state index contributed by atoms with van der Waals surface area (Å²) < 4.78 is 9.42. The van der Waals surface area contributed by atoms with Crippen LogP contribution in [0.1, 0.15) is 2.85 Å². The minimum atomic E-state index is 0. The smallest absolute Gasteiger partial charge is 1.00 e. The summed E-state index contributed by atoms with van der Waals surface area (Å²) in [5, 5.41) is 0. The van der Waals surface area contributed by atoms with Gasteiger partial charge < -0.3 is 2.85 Å². The van der Waals surface area contributed by atoms with Crippen molar-refractivity contribution >= 4 is 47.3 Å². The summed E-state index contributed by atoms with van der Waals surface area (Å²) in [5.41, 5.74) is 0. The molecular formula is H4CaFNiP. The number of hydrogen-bond donors (Lipinski definition) is 0. The fraction of sp³-hybridized carbons (Fsp3) is 0. The minimum absolute atomic E-state index is 0. The van der Waals surface area contributed by atoms with Crippen molar-refractivity contribution in [2.24, 2.45) is 0 Å². The molecule has 1 atom stereocenters. The van der Waals surface area contributed by atoms with Crippen molar-refractivity contribution in [3.63, 3.8) is 0 Å². The summed E-state index contributed by atoms with van der Waals surface area (Å²) in [5.74, 6) is 0. The van der Waals surface area contributed by atoms with Crippen LogP contribution >= 0.6 is 9.55 Å². The van der Waals surface area contributed by atoms with Gasteiger partial charge in [0.2, 0.25) is 0 Å². The van der Waals surface area contributed by atoms with Crippen LogP contribution in [0.2, 0.25) is 0 Å². The molecule has 0 heterocycles. The van der Waals surface area contributed by atoms with Gasteiger partial charge in [0.1, 0.15) is 0 Å².